The molecular formula is C24H23ClN6O4S2. The lowest BCUT2D eigenvalue weighted by molar-refractivity contribution is -0.123. The first-order valence-electron chi connectivity index (χ1n) is 11.0. The smallest absolute Gasteiger partial charge is 0.256 e. The predicted molar refractivity (Wildman–Crippen MR) is 145 cm³/mol. The van der Waals surface area contributed by atoms with Crippen LogP contribution in [0.3, 0.4) is 0 Å². The van der Waals surface area contributed by atoms with Crippen LogP contribution in [0, 0.1) is 0 Å². The maximum atomic E-state index is 12.9. The van der Waals surface area contributed by atoms with Gasteiger partial charge < -0.3 is 16.0 Å². The van der Waals surface area contributed by atoms with Crippen molar-refractivity contribution in [2.45, 2.75) is 12.5 Å². The van der Waals surface area contributed by atoms with E-state index in [0.717, 1.165) is 26.9 Å². The number of hydrogen-bond acceptors (Lipinski definition) is 8. The highest BCUT2D eigenvalue weighted by Crippen LogP contribution is 2.30. The second kappa shape index (κ2) is 10.3. The van der Waals surface area contributed by atoms with Gasteiger partial charge in [0.05, 0.1) is 17.5 Å². The van der Waals surface area contributed by atoms with E-state index in [9.17, 15) is 18.0 Å². The molecule has 4 aromatic rings. The lowest BCUT2D eigenvalue weighted by Gasteiger charge is -2.39. The summed E-state index contributed by atoms with van der Waals surface area (Å²) in [7, 11) is -3.49. The number of nitrogens with one attached hydrogen (secondary N) is 1. The average Bonchev–Trinajstić information content (AvgIpc) is 3.48. The normalized spacial score (nSPS) is 14.9. The molecule has 0 unspecified atom stereocenters. The van der Waals surface area contributed by atoms with Gasteiger partial charge in [-0.25, -0.2) is 18.4 Å². The zero-order valence-corrected chi connectivity index (χ0v) is 22.0. The maximum absolute atomic E-state index is 12.9. The largest absolute Gasteiger partial charge is 0.384 e. The van der Waals surface area contributed by atoms with Crippen LogP contribution in [0.4, 0.5) is 10.9 Å². The molecule has 10 nitrogen and oxygen atoms in total. The highest BCUT2D eigenvalue weighted by molar-refractivity contribution is 7.89. The number of benzene rings is 1. The molecule has 192 valence electrons. The number of nitrogen functional groups attached to an aromatic ring is 1. The molecule has 0 bridgehead atoms. The van der Waals surface area contributed by atoms with E-state index in [2.05, 4.69) is 15.3 Å². The number of aromatic nitrogens is 3. The number of pyridine rings is 1. The molecule has 0 radical (unpaired) electrons. The molecule has 0 saturated carbocycles. The van der Waals surface area contributed by atoms with Gasteiger partial charge in [0.1, 0.15) is 11.9 Å². The van der Waals surface area contributed by atoms with Crippen molar-refractivity contribution in [2.24, 2.45) is 0 Å². The van der Waals surface area contributed by atoms with Gasteiger partial charge >= 0.3 is 0 Å². The van der Waals surface area contributed by atoms with Crippen LogP contribution in [-0.2, 0) is 14.8 Å². The van der Waals surface area contributed by atoms with Gasteiger partial charge in [-0.05, 0) is 41.8 Å². The van der Waals surface area contributed by atoms with Crippen LogP contribution in [0.15, 0.2) is 66.4 Å². The monoisotopic (exact) mass is 558 g/mol. The van der Waals surface area contributed by atoms with Gasteiger partial charge in [-0.15, -0.1) is 23.7 Å². The Hall–Kier alpha value is -3.74. The van der Waals surface area contributed by atoms with Crippen LogP contribution in [-0.4, -0.2) is 57.9 Å². The van der Waals surface area contributed by atoms with E-state index in [1.54, 1.807) is 12.3 Å². The summed E-state index contributed by atoms with van der Waals surface area (Å²) in [5, 5.41) is 5.08. The fourth-order valence-electron chi connectivity index (χ4n) is 3.92. The number of likely N-dealkylation sites (tertiary alicyclic amines) is 1. The van der Waals surface area contributed by atoms with Crippen molar-refractivity contribution >= 4 is 56.5 Å². The topological polar surface area (TPSA) is 140 Å². The summed E-state index contributed by atoms with van der Waals surface area (Å²) in [5.41, 5.74) is 9.52. The number of hydrogen-bond donors (Lipinski definition) is 2. The summed E-state index contributed by atoms with van der Waals surface area (Å²) in [5.74, 6) is -0.288. The van der Waals surface area contributed by atoms with E-state index in [1.807, 2.05) is 35.7 Å². The second-order valence-corrected chi connectivity index (χ2v) is 11.1. The van der Waals surface area contributed by atoms with Crippen molar-refractivity contribution in [3.63, 3.8) is 0 Å². The molecule has 3 aromatic heterocycles. The molecule has 1 aromatic carbocycles. The highest BCUT2D eigenvalue weighted by atomic mass is 35.5. The third-order valence-corrected chi connectivity index (χ3v) is 7.64. The molecule has 4 heterocycles. The van der Waals surface area contributed by atoms with Crippen LogP contribution in [0.2, 0.25) is 0 Å². The third kappa shape index (κ3) is 5.50. The molecule has 0 spiro atoms. The van der Waals surface area contributed by atoms with Crippen LogP contribution in [0.5, 0.6) is 0 Å². The van der Waals surface area contributed by atoms with Crippen LogP contribution in [0.1, 0.15) is 16.8 Å². The van der Waals surface area contributed by atoms with Crippen LogP contribution < -0.4 is 11.1 Å². The molecule has 1 aliphatic heterocycles. The van der Waals surface area contributed by atoms with Gasteiger partial charge in [0.2, 0.25) is 15.9 Å². The summed E-state index contributed by atoms with van der Waals surface area (Å²) in [6.45, 7) is 0.413. The Kier molecular flexibility index (Phi) is 7.35. The molecule has 2 amide bonds. The maximum Gasteiger partial charge on any atom is 0.256 e. The third-order valence-electron chi connectivity index (χ3n) is 5.89. The zero-order chi connectivity index (χ0) is 25.4. The van der Waals surface area contributed by atoms with Crippen molar-refractivity contribution in [1.82, 2.24) is 18.8 Å². The molecule has 1 atom stereocenters. The standard InChI is InChI=1S/C24H22N6O4S2.ClH/c1-36(33,34)29-9-6-18(13-29)23(32)30-10-7-20(30)22(31)28-24-27-19(14-35-24)17-4-2-3-15(11-17)16-5-8-26-21(25)12-16;/h2-6,8-9,11-14,20H,7,10H2,1H3,(H2,25,26)(H,27,28,31);1H/t20-;/m0./s1. The lowest BCUT2D eigenvalue weighted by Crippen LogP contribution is -2.56. The van der Waals surface area contributed by atoms with E-state index < -0.39 is 22.0 Å². The minimum absolute atomic E-state index is 0. The van der Waals surface area contributed by atoms with Crippen molar-refractivity contribution in [3.8, 4) is 22.4 Å². The number of nitrogens with two attached hydrogens (primary N) is 1. The number of rotatable bonds is 6. The van der Waals surface area contributed by atoms with Crippen LogP contribution in [0.25, 0.3) is 22.4 Å². The second-order valence-electron chi connectivity index (χ2n) is 8.37. The molecular weight excluding hydrogens is 536 g/mol. The SMILES string of the molecule is CS(=O)(=O)n1ccc(C(=O)N2CC[C@H]2C(=O)Nc2nc(-c3cccc(-c4ccnc(N)c4)c3)cs2)c1.Cl. The Morgan fingerprint density at radius 2 is 1.89 bits per heavy atom. The van der Waals surface area contributed by atoms with E-state index in [4.69, 9.17) is 5.73 Å². The summed E-state index contributed by atoms with van der Waals surface area (Å²) in [6.07, 6.45) is 5.79. The molecule has 37 heavy (non-hydrogen) atoms. The average molecular weight is 559 g/mol. The Morgan fingerprint density at radius 3 is 2.57 bits per heavy atom. The summed E-state index contributed by atoms with van der Waals surface area (Å²) < 4.78 is 24.3. The Balaban J connectivity index is 0.00000320. The van der Waals surface area contributed by atoms with Crippen molar-refractivity contribution in [2.75, 3.05) is 23.9 Å². The Bertz CT molecular complexity index is 1580. The Morgan fingerprint density at radius 1 is 1.14 bits per heavy atom. The number of anilines is 2. The zero-order valence-electron chi connectivity index (χ0n) is 19.6. The molecule has 5 rings (SSSR count). The van der Waals surface area contributed by atoms with Crippen LogP contribution >= 0.6 is 23.7 Å². The minimum Gasteiger partial charge on any atom is -0.384 e. The van der Waals surface area contributed by atoms with E-state index in [-0.39, 0.29) is 23.9 Å². The molecule has 1 aliphatic rings. The summed E-state index contributed by atoms with van der Waals surface area (Å²) in [6, 6.07) is 12.3. The highest BCUT2D eigenvalue weighted by Gasteiger charge is 2.38. The van der Waals surface area contributed by atoms with E-state index in [0.29, 0.717) is 29.6 Å². The fourth-order valence-corrected chi connectivity index (χ4v) is 5.23. The first kappa shape index (κ1) is 26.3. The van der Waals surface area contributed by atoms with Crippen molar-refractivity contribution in [1.29, 1.82) is 0 Å². The fraction of sp³-hybridized carbons (Fsp3) is 0.167. The van der Waals surface area contributed by atoms with Gasteiger partial charge in [-0.1, -0.05) is 18.2 Å². The molecule has 13 heteroatoms. The molecule has 3 N–H and O–H groups in total. The van der Waals surface area contributed by atoms with Gasteiger partial charge in [0.25, 0.3) is 5.91 Å². The molecule has 0 aliphatic carbocycles. The Labute approximate surface area is 223 Å². The number of carbonyl (C=O) groups excluding carboxylic acids is 2. The quantitative estimate of drug-likeness (QED) is 0.370. The van der Waals surface area contributed by atoms with E-state index in [1.165, 1.54) is 34.7 Å². The number of amides is 2. The molecule has 1 fully saturated rings. The van der Waals surface area contributed by atoms with Crippen molar-refractivity contribution < 1.29 is 18.0 Å². The lowest BCUT2D eigenvalue weighted by atomic mass is 10.0. The molecule has 1 saturated heterocycles. The number of thiazole rings is 1. The number of halogens is 1. The predicted octanol–water partition coefficient (Wildman–Crippen LogP) is 3.34. The minimum atomic E-state index is -3.49. The first-order chi connectivity index (χ1) is 17.2. The van der Waals surface area contributed by atoms with E-state index >= 15 is 0 Å². The van der Waals surface area contributed by atoms with Crippen molar-refractivity contribution in [3.05, 3.63) is 72.0 Å². The number of carbonyl (C=O) groups is 2. The van der Waals surface area contributed by atoms with Gasteiger partial charge in [0.15, 0.2) is 5.13 Å². The van der Waals surface area contributed by atoms with Gasteiger partial charge in [0, 0.05) is 36.1 Å². The summed E-state index contributed by atoms with van der Waals surface area (Å²) >= 11 is 1.29. The van der Waals surface area contributed by atoms with Gasteiger partial charge in [-0.2, -0.15) is 0 Å². The first-order valence-corrected chi connectivity index (χ1v) is 13.7. The van der Waals surface area contributed by atoms with Gasteiger partial charge in [-0.3, -0.25) is 13.6 Å². The summed E-state index contributed by atoms with van der Waals surface area (Å²) in [4.78, 5) is 35.7. The number of nitrogens with zero attached hydrogens (tertiary/aromatic N) is 4.